The van der Waals surface area contributed by atoms with E-state index in [2.05, 4.69) is 0 Å². The van der Waals surface area contributed by atoms with Gasteiger partial charge >= 0.3 is 0 Å². The molecule has 2 aliphatic heterocycles. The van der Waals surface area contributed by atoms with E-state index >= 15 is 0 Å². The SMILES string of the molecule is CC1O[C@@H](O)C(O)C2O[C@]12O. The normalized spacial score (nSPS) is 62.2. The maximum atomic E-state index is 9.39. The van der Waals surface area contributed by atoms with Crippen LogP contribution in [0, 0.1) is 0 Å². The highest BCUT2D eigenvalue weighted by molar-refractivity contribution is 5.05. The maximum Gasteiger partial charge on any atom is 0.222 e. The fourth-order valence-electron chi connectivity index (χ4n) is 1.35. The Kier molecular flexibility index (Phi) is 1.31. The Hall–Kier alpha value is -0.200. The molecule has 2 saturated heterocycles. The molecular weight excluding hydrogens is 152 g/mol. The van der Waals surface area contributed by atoms with E-state index in [4.69, 9.17) is 19.7 Å². The number of ether oxygens (including phenoxy) is 2. The summed E-state index contributed by atoms with van der Waals surface area (Å²) in [5.41, 5.74) is 0. The molecule has 5 heteroatoms. The molecule has 3 unspecified atom stereocenters. The molecular formula is C6H10O5. The first kappa shape index (κ1) is 7.45. The summed E-state index contributed by atoms with van der Waals surface area (Å²) >= 11 is 0. The second-order valence-corrected chi connectivity index (χ2v) is 2.95. The van der Waals surface area contributed by atoms with Gasteiger partial charge in [-0.25, -0.2) is 0 Å². The van der Waals surface area contributed by atoms with E-state index in [9.17, 15) is 5.11 Å². The molecule has 0 saturated carbocycles. The lowest BCUT2D eigenvalue weighted by Crippen LogP contribution is -2.49. The summed E-state index contributed by atoms with van der Waals surface area (Å²) in [7, 11) is 0. The van der Waals surface area contributed by atoms with E-state index in [0.717, 1.165) is 0 Å². The van der Waals surface area contributed by atoms with Crippen molar-refractivity contribution in [1.29, 1.82) is 0 Å². The average Bonchev–Trinajstić information content (AvgIpc) is 2.60. The monoisotopic (exact) mass is 162 g/mol. The van der Waals surface area contributed by atoms with Crippen LogP contribution in [0.5, 0.6) is 0 Å². The molecule has 2 rings (SSSR count). The number of rotatable bonds is 0. The van der Waals surface area contributed by atoms with Crippen LogP contribution in [-0.2, 0) is 9.47 Å². The van der Waals surface area contributed by atoms with Gasteiger partial charge in [-0.15, -0.1) is 0 Å². The van der Waals surface area contributed by atoms with E-state index in [1.165, 1.54) is 0 Å². The Labute approximate surface area is 63.2 Å². The molecule has 0 aromatic heterocycles. The van der Waals surface area contributed by atoms with Crippen molar-refractivity contribution in [3.05, 3.63) is 0 Å². The quantitative estimate of drug-likeness (QED) is 0.365. The molecule has 0 bridgehead atoms. The smallest absolute Gasteiger partial charge is 0.222 e. The second-order valence-electron chi connectivity index (χ2n) is 2.95. The molecule has 5 nitrogen and oxygen atoms in total. The van der Waals surface area contributed by atoms with E-state index in [0.29, 0.717) is 0 Å². The van der Waals surface area contributed by atoms with Crippen molar-refractivity contribution < 1.29 is 24.8 Å². The molecule has 5 atom stereocenters. The molecule has 3 N–H and O–H groups in total. The molecule has 0 radical (unpaired) electrons. The molecule has 0 aliphatic carbocycles. The van der Waals surface area contributed by atoms with Crippen LogP contribution in [0.2, 0.25) is 0 Å². The highest BCUT2D eigenvalue weighted by Crippen LogP contribution is 2.45. The highest BCUT2D eigenvalue weighted by Gasteiger charge is 2.68. The van der Waals surface area contributed by atoms with Gasteiger partial charge in [0.25, 0.3) is 0 Å². The van der Waals surface area contributed by atoms with Crippen molar-refractivity contribution in [3.63, 3.8) is 0 Å². The standard InChI is InChI=1S/C6H10O5/c1-2-6(9)4(11-6)3(7)5(8)10-2/h2-5,7-9H,1H3/t2?,3?,4?,5-,6-/m1/s1. The summed E-state index contributed by atoms with van der Waals surface area (Å²) in [6.07, 6.45) is -3.68. The lowest BCUT2D eigenvalue weighted by Gasteiger charge is -2.28. The predicted molar refractivity (Wildman–Crippen MR) is 32.4 cm³/mol. The first-order valence-corrected chi connectivity index (χ1v) is 3.47. The van der Waals surface area contributed by atoms with Crippen molar-refractivity contribution in [2.24, 2.45) is 0 Å². The average molecular weight is 162 g/mol. The zero-order valence-corrected chi connectivity index (χ0v) is 5.97. The molecule has 11 heavy (non-hydrogen) atoms. The van der Waals surface area contributed by atoms with Gasteiger partial charge in [0, 0.05) is 0 Å². The number of epoxide rings is 1. The van der Waals surface area contributed by atoms with E-state index in [-0.39, 0.29) is 0 Å². The first-order chi connectivity index (χ1) is 5.05. The predicted octanol–water partition coefficient (Wildman–Crippen LogP) is -1.83. The topological polar surface area (TPSA) is 82.5 Å². The molecule has 0 amide bonds. The molecule has 0 aromatic carbocycles. The molecule has 0 aromatic rings. The van der Waals surface area contributed by atoms with Gasteiger partial charge in [-0.1, -0.05) is 0 Å². The van der Waals surface area contributed by atoms with Gasteiger partial charge in [-0.2, -0.15) is 0 Å². The van der Waals surface area contributed by atoms with Crippen LogP contribution in [-0.4, -0.2) is 45.7 Å². The van der Waals surface area contributed by atoms with Gasteiger partial charge in [0.2, 0.25) is 5.79 Å². The summed E-state index contributed by atoms with van der Waals surface area (Å²) in [5, 5.41) is 27.5. The first-order valence-electron chi connectivity index (χ1n) is 3.47. The van der Waals surface area contributed by atoms with Gasteiger partial charge in [0.05, 0.1) is 0 Å². The van der Waals surface area contributed by atoms with Gasteiger partial charge in [0.15, 0.2) is 6.29 Å². The van der Waals surface area contributed by atoms with Crippen LogP contribution in [0.1, 0.15) is 6.92 Å². The summed E-state index contributed by atoms with van der Waals surface area (Å²) in [6.45, 7) is 1.58. The Balaban J connectivity index is 2.15. The zero-order chi connectivity index (χ0) is 8.22. The van der Waals surface area contributed by atoms with Gasteiger partial charge in [-0.3, -0.25) is 0 Å². The molecule has 2 aliphatic rings. The Morgan fingerprint density at radius 3 is 2.64 bits per heavy atom. The van der Waals surface area contributed by atoms with E-state index < -0.39 is 30.4 Å². The van der Waals surface area contributed by atoms with Crippen LogP contribution in [0.4, 0.5) is 0 Å². The molecule has 2 heterocycles. The summed E-state index contributed by atoms with van der Waals surface area (Å²) < 4.78 is 9.57. The molecule has 0 spiro atoms. The summed E-state index contributed by atoms with van der Waals surface area (Å²) in [6, 6.07) is 0. The lowest BCUT2D eigenvalue weighted by atomic mass is 10.0. The summed E-state index contributed by atoms with van der Waals surface area (Å²) in [4.78, 5) is 0. The van der Waals surface area contributed by atoms with Crippen molar-refractivity contribution in [2.45, 2.75) is 37.3 Å². The fourth-order valence-corrected chi connectivity index (χ4v) is 1.35. The minimum atomic E-state index is -1.38. The third-order valence-electron chi connectivity index (χ3n) is 2.19. The highest BCUT2D eigenvalue weighted by atomic mass is 16.8. The van der Waals surface area contributed by atoms with Crippen molar-refractivity contribution in [1.82, 2.24) is 0 Å². The zero-order valence-electron chi connectivity index (χ0n) is 5.97. The van der Waals surface area contributed by atoms with Crippen molar-refractivity contribution >= 4 is 0 Å². The number of hydrogen-bond acceptors (Lipinski definition) is 5. The van der Waals surface area contributed by atoms with Gasteiger partial charge < -0.3 is 24.8 Å². The van der Waals surface area contributed by atoms with Crippen molar-refractivity contribution in [3.8, 4) is 0 Å². The number of aliphatic hydroxyl groups excluding tert-OH is 2. The van der Waals surface area contributed by atoms with Gasteiger partial charge in [-0.05, 0) is 6.92 Å². The van der Waals surface area contributed by atoms with Crippen LogP contribution in [0.3, 0.4) is 0 Å². The van der Waals surface area contributed by atoms with Gasteiger partial charge in [0.1, 0.15) is 18.3 Å². The fraction of sp³-hybridized carbons (Fsp3) is 1.00. The summed E-state index contributed by atoms with van der Waals surface area (Å²) in [5.74, 6) is -1.38. The minimum absolute atomic E-state index is 0.592. The Morgan fingerprint density at radius 1 is 1.36 bits per heavy atom. The Morgan fingerprint density at radius 2 is 2.00 bits per heavy atom. The third-order valence-corrected chi connectivity index (χ3v) is 2.19. The van der Waals surface area contributed by atoms with E-state index in [1.807, 2.05) is 0 Å². The lowest BCUT2D eigenvalue weighted by molar-refractivity contribution is -0.237. The largest absolute Gasteiger partial charge is 0.385 e. The minimum Gasteiger partial charge on any atom is -0.385 e. The Bertz CT molecular complexity index is 184. The van der Waals surface area contributed by atoms with Crippen LogP contribution in [0.25, 0.3) is 0 Å². The van der Waals surface area contributed by atoms with Crippen LogP contribution >= 0.6 is 0 Å². The number of fused-ring (bicyclic) bond motifs is 1. The van der Waals surface area contributed by atoms with Crippen LogP contribution in [0.15, 0.2) is 0 Å². The number of aliphatic hydroxyl groups is 3. The van der Waals surface area contributed by atoms with Crippen LogP contribution < -0.4 is 0 Å². The van der Waals surface area contributed by atoms with E-state index in [1.54, 1.807) is 6.92 Å². The third kappa shape index (κ3) is 0.830. The van der Waals surface area contributed by atoms with Crippen molar-refractivity contribution in [2.75, 3.05) is 0 Å². The molecule has 64 valence electrons. The number of hydrogen-bond donors (Lipinski definition) is 3. The molecule has 2 fully saturated rings. The second kappa shape index (κ2) is 1.94. The maximum absolute atomic E-state index is 9.39.